The second-order valence-corrected chi connectivity index (χ2v) is 8.35. The molecule has 0 atom stereocenters. The van der Waals surface area contributed by atoms with Crippen LogP contribution in [0, 0.1) is 6.92 Å². The Bertz CT molecular complexity index is 1180. The van der Waals surface area contributed by atoms with E-state index in [4.69, 9.17) is 4.98 Å². The summed E-state index contributed by atoms with van der Waals surface area (Å²) >= 11 is 0. The zero-order chi connectivity index (χ0) is 22.1. The molecule has 1 aliphatic heterocycles. The molecule has 1 aromatic carbocycles. The molecule has 2 aliphatic rings. The highest BCUT2D eigenvalue weighted by atomic mass is 16.2. The van der Waals surface area contributed by atoms with Crippen molar-refractivity contribution in [2.24, 2.45) is 0 Å². The predicted molar refractivity (Wildman–Crippen MR) is 119 cm³/mol. The summed E-state index contributed by atoms with van der Waals surface area (Å²) in [6, 6.07) is 8.31. The number of nitrogens with one attached hydrogen (secondary N) is 1. The van der Waals surface area contributed by atoms with Crippen LogP contribution in [0.5, 0.6) is 0 Å². The fraction of sp³-hybridized carbons (Fsp3) is 0.375. The largest absolute Gasteiger partial charge is 0.352 e. The standard InChI is InChI=1S/C24H26N6O2/c1-16-20(23(32)25-11-5-13-29-12-4-8-21(29)31)15-27-30(16)24-26-14-18-10-9-17-6-2-3-7-19(17)22(18)28-24/h2-3,6-7,14-15H,4-5,8-13H2,1H3,(H,25,32). The smallest absolute Gasteiger partial charge is 0.254 e. The first-order chi connectivity index (χ1) is 15.6. The van der Waals surface area contributed by atoms with E-state index in [1.807, 2.05) is 24.1 Å². The second-order valence-electron chi connectivity index (χ2n) is 8.35. The highest BCUT2D eigenvalue weighted by Gasteiger charge is 2.22. The number of nitrogens with zero attached hydrogens (tertiary/aromatic N) is 5. The van der Waals surface area contributed by atoms with Gasteiger partial charge in [-0.15, -0.1) is 0 Å². The summed E-state index contributed by atoms with van der Waals surface area (Å²) < 4.78 is 1.62. The lowest BCUT2D eigenvalue weighted by molar-refractivity contribution is -0.127. The van der Waals surface area contributed by atoms with Gasteiger partial charge in [-0.05, 0) is 43.7 Å². The number of rotatable bonds is 6. The quantitative estimate of drug-likeness (QED) is 0.607. The number of likely N-dealkylation sites (tertiary alicyclic amines) is 1. The number of hydrogen-bond acceptors (Lipinski definition) is 5. The van der Waals surface area contributed by atoms with Crippen molar-refractivity contribution in [2.45, 2.75) is 39.0 Å². The zero-order valence-corrected chi connectivity index (χ0v) is 18.2. The third-order valence-corrected chi connectivity index (χ3v) is 6.29. The van der Waals surface area contributed by atoms with E-state index < -0.39 is 0 Å². The molecular formula is C24H26N6O2. The van der Waals surface area contributed by atoms with Crippen LogP contribution in [-0.4, -0.2) is 56.1 Å². The minimum Gasteiger partial charge on any atom is -0.352 e. The molecule has 0 radical (unpaired) electrons. The normalized spacial score (nSPS) is 14.9. The molecule has 0 saturated carbocycles. The minimum absolute atomic E-state index is 0.176. The lowest BCUT2D eigenvalue weighted by Crippen LogP contribution is -2.30. The van der Waals surface area contributed by atoms with Gasteiger partial charge in [0.05, 0.1) is 23.1 Å². The number of aryl methyl sites for hydroxylation is 2. The number of hydrogen-bond donors (Lipinski definition) is 1. The lowest BCUT2D eigenvalue weighted by Gasteiger charge is -2.19. The molecule has 2 amide bonds. The number of amides is 2. The molecule has 1 fully saturated rings. The Morgan fingerprint density at radius 2 is 1.97 bits per heavy atom. The average Bonchev–Trinajstić information content (AvgIpc) is 3.41. The van der Waals surface area contributed by atoms with Gasteiger partial charge in [-0.25, -0.2) is 14.6 Å². The Morgan fingerprint density at radius 1 is 1.12 bits per heavy atom. The fourth-order valence-corrected chi connectivity index (χ4v) is 4.50. The van der Waals surface area contributed by atoms with Crippen LogP contribution < -0.4 is 5.32 Å². The van der Waals surface area contributed by atoms with Gasteiger partial charge in [0.15, 0.2) is 0 Å². The van der Waals surface area contributed by atoms with Gasteiger partial charge in [0.2, 0.25) is 5.91 Å². The van der Waals surface area contributed by atoms with E-state index in [1.165, 1.54) is 5.56 Å². The van der Waals surface area contributed by atoms with Crippen molar-refractivity contribution in [1.82, 2.24) is 30.0 Å². The maximum atomic E-state index is 12.7. The topological polar surface area (TPSA) is 93.0 Å². The maximum Gasteiger partial charge on any atom is 0.254 e. The molecular weight excluding hydrogens is 404 g/mol. The second kappa shape index (κ2) is 8.53. The fourth-order valence-electron chi connectivity index (χ4n) is 4.50. The number of carbonyl (C=O) groups excluding carboxylic acids is 2. The van der Waals surface area contributed by atoms with Crippen LogP contribution in [0.3, 0.4) is 0 Å². The summed E-state index contributed by atoms with van der Waals surface area (Å²) in [5.74, 6) is 0.496. The van der Waals surface area contributed by atoms with Gasteiger partial charge in [0, 0.05) is 37.8 Å². The summed E-state index contributed by atoms with van der Waals surface area (Å²) in [5, 5.41) is 7.33. The molecule has 1 aliphatic carbocycles. The Morgan fingerprint density at radius 3 is 2.81 bits per heavy atom. The van der Waals surface area contributed by atoms with Gasteiger partial charge in [0.1, 0.15) is 0 Å². The predicted octanol–water partition coefficient (Wildman–Crippen LogP) is 2.48. The molecule has 32 heavy (non-hydrogen) atoms. The van der Waals surface area contributed by atoms with E-state index in [0.717, 1.165) is 49.0 Å². The first-order valence-corrected chi connectivity index (χ1v) is 11.2. The van der Waals surface area contributed by atoms with E-state index in [-0.39, 0.29) is 11.8 Å². The highest BCUT2D eigenvalue weighted by molar-refractivity contribution is 5.95. The Balaban J connectivity index is 1.29. The molecule has 3 aromatic rings. The molecule has 0 spiro atoms. The number of benzene rings is 1. The molecule has 1 saturated heterocycles. The Hall–Kier alpha value is -3.55. The monoisotopic (exact) mass is 430 g/mol. The minimum atomic E-state index is -0.176. The summed E-state index contributed by atoms with van der Waals surface area (Å²) in [5.41, 5.74) is 5.69. The van der Waals surface area contributed by atoms with Crippen LogP contribution in [0.2, 0.25) is 0 Å². The van der Waals surface area contributed by atoms with Gasteiger partial charge < -0.3 is 10.2 Å². The third kappa shape index (κ3) is 3.77. The molecule has 0 bridgehead atoms. The van der Waals surface area contributed by atoms with Crippen molar-refractivity contribution in [3.63, 3.8) is 0 Å². The Labute approximate surface area is 186 Å². The molecule has 1 N–H and O–H groups in total. The van der Waals surface area contributed by atoms with Crippen molar-refractivity contribution in [3.05, 3.63) is 59.0 Å². The van der Waals surface area contributed by atoms with Crippen molar-refractivity contribution in [3.8, 4) is 17.2 Å². The lowest BCUT2D eigenvalue weighted by atomic mass is 9.90. The zero-order valence-electron chi connectivity index (χ0n) is 18.2. The first-order valence-electron chi connectivity index (χ1n) is 11.2. The first kappa shape index (κ1) is 20.4. The van der Waals surface area contributed by atoms with Crippen LogP contribution in [0.4, 0.5) is 0 Å². The molecule has 2 aromatic heterocycles. The number of carbonyl (C=O) groups is 2. The van der Waals surface area contributed by atoms with Crippen molar-refractivity contribution in [2.75, 3.05) is 19.6 Å². The molecule has 5 rings (SSSR count). The van der Waals surface area contributed by atoms with E-state index in [0.29, 0.717) is 36.7 Å². The summed E-state index contributed by atoms with van der Waals surface area (Å²) in [7, 11) is 0. The molecule has 8 nitrogen and oxygen atoms in total. The van der Waals surface area contributed by atoms with Crippen molar-refractivity contribution in [1.29, 1.82) is 0 Å². The van der Waals surface area contributed by atoms with Crippen LogP contribution >= 0.6 is 0 Å². The highest BCUT2D eigenvalue weighted by Crippen LogP contribution is 2.31. The number of aromatic nitrogens is 4. The SMILES string of the molecule is Cc1c(C(=O)NCCCN2CCCC2=O)cnn1-c1ncc2c(n1)-c1ccccc1CC2. The van der Waals surface area contributed by atoms with E-state index in [2.05, 4.69) is 33.6 Å². The van der Waals surface area contributed by atoms with Crippen LogP contribution in [0.15, 0.2) is 36.7 Å². The summed E-state index contributed by atoms with van der Waals surface area (Å²) in [6.07, 6.45) is 7.64. The van der Waals surface area contributed by atoms with Gasteiger partial charge in [-0.3, -0.25) is 9.59 Å². The van der Waals surface area contributed by atoms with Gasteiger partial charge in [-0.2, -0.15) is 5.10 Å². The molecule has 164 valence electrons. The van der Waals surface area contributed by atoms with Crippen LogP contribution in [-0.2, 0) is 17.6 Å². The summed E-state index contributed by atoms with van der Waals surface area (Å²) in [4.78, 5) is 35.5. The molecule has 0 unspecified atom stereocenters. The van der Waals surface area contributed by atoms with E-state index >= 15 is 0 Å². The van der Waals surface area contributed by atoms with E-state index in [1.54, 1.807) is 10.9 Å². The van der Waals surface area contributed by atoms with Crippen LogP contribution in [0.1, 0.15) is 46.4 Å². The maximum absolute atomic E-state index is 12.7. The van der Waals surface area contributed by atoms with E-state index in [9.17, 15) is 9.59 Å². The number of fused-ring (bicyclic) bond motifs is 3. The average molecular weight is 431 g/mol. The third-order valence-electron chi connectivity index (χ3n) is 6.29. The van der Waals surface area contributed by atoms with Crippen LogP contribution in [0.25, 0.3) is 17.2 Å². The molecule has 3 heterocycles. The molecule has 8 heteroatoms. The van der Waals surface area contributed by atoms with Crippen molar-refractivity contribution >= 4 is 11.8 Å². The Kier molecular flexibility index (Phi) is 5.43. The van der Waals surface area contributed by atoms with Gasteiger partial charge in [0.25, 0.3) is 11.9 Å². The summed E-state index contributed by atoms with van der Waals surface area (Å²) in [6.45, 7) is 3.87. The van der Waals surface area contributed by atoms with Crippen molar-refractivity contribution < 1.29 is 9.59 Å². The van der Waals surface area contributed by atoms with Gasteiger partial charge in [-0.1, -0.05) is 24.3 Å². The van der Waals surface area contributed by atoms with Gasteiger partial charge >= 0.3 is 0 Å².